The van der Waals surface area contributed by atoms with Crippen LogP contribution in [0.5, 0.6) is 0 Å². The zero-order valence-electron chi connectivity index (χ0n) is 10.6. The van der Waals surface area contributed by atoms with E-state index in [0.717, 1.165) is 12.8 Å². The van der Waals surface area contributed by atoms with Crippen molar-refractivity contribution in [2.45, 2.75) is 39.2 Å². The standard InChI is InChI=1S/C13H21NO3/c1-4-5-11(13(16)17)14-7-6-10(12(14)15)8-9(2)3/h4,9-11H,1,5-8H2,2-3H3,(H,16,17)/t10-,11+/m1/s1. The highest BCUT2D eigenvalue weighted by Crippen LogP contribution is 2.27. The van der Waals surface area contributed by atoms with Gasteiger partial charge in [0.2, 0.25) is 5.91 Å². The largest absolute Gasteiger partial charge is 0.480 e. The summed E-state index contributed by atoms with van der Waals surface area (Å²) in [6, 6.07) is -0.739. The summed E-state index contributed by atoms with van der Waals surface area (Å²) in [5.41, 5.74) is 0. The van der Waals surface area contributed by atoms with Gasteiger partial charge in [-0.15, -0.1) is 6.58 Å². The summed E-state index contributed by atoms with van der Waals surface area (Å²) in [6.45, 7) is 8.26. The van der Waals surface area contributed by atoms with E-state index in [2.05, 4.69) is 20.4 Å². The predicted octanol–water partition coefficient (Wildman–Crippen LogP) is 1.91. The van der Waals surface area contributed by atoms with Crippen LogP contribution in [0.2, 0.25) is 0 Å². The average Bonchev–Trinajstić information content (AvgIpc) is 2.56. The molecular formula is C13H21NO3. The Hall–Kier alpha value is -1.32. The summed E-state index contributed by atoms with van der Waals surface area (Å²) in [5.74, 6) is -0.482. The molecule has 1 heterocycles. The van der Waals surface area contributed by atoms with Gasteiger partial charge in [0.15, 0.2) is 0 Å². The Morgan fingerprint density at radius 1 is 1.65 bits per heavy atom. The van der Waals surface area contributed by atoms with Crippen molar-refractivity contribution in [2.75, 3.05) is 6.54 Å². The molecule has 2 atom stereocenters. The van der Waals surface area contributed by atoms with Gasteiger partial charge < -0.3 is 10.0 Å². The second-order valence-corrected chi connectivity index (χ2v) is 5.03. The van der Waals surface area contributed by atoms with Crippen molar-refractivity contribution in [1.82, 2.24) is 4.90 Å². The summed E-state index contributed by atoms with van der Waals surface area (Å²) >= 11 is 0. The van der Waals surface area contributed by atoms with Crippen LogP contribution in [0.3, 0.4) is 0 Å². The maximum atomic E-state index is 12.1. The van der Waals surface area contributed by atoms with Crippen molar-refractivity contribution in [2.24, 2.45) is 11.8 Å². The Morgan fingerprint density at radius 3 is 2.76 bits per heavy atom. The molecule has 1 N–H and O–H groups in total. The van der Waals surface area contributed by atoms with Crippen molar-refractivity contribution in [3.8, 4) is 0 Å². The second-order valence-electron chi connectivity index (χ2n) is 5.03. The number of rotatable bonds is 6. The molecule has 1 fully saturated rings. The van der Waals surface area contributed by atoms with Crippen molar-refractivity contribution in [3.05, 3.63) is 12.7 Å². The molecule has 0 unspecified atom stereocenters. The van der Waals surface area contributed by atoms with Crippen molar-refractivity contribution < 1.29 is 14.7 Å². The molecular weight excluding hydrogens is 218 g/mol. The lowest BCUT2D eigenvalue weighted by atomic mass is 9.96. The quantitative estimate of drug-likeness (QED) is 0.720. The number of carboxylic acids is 1. The maximum Gasteiger partial charge on any atom is 0.326 e. The zero-order chi connectivity index (χ0) is 13.0. The first kappa shape index (κ1) is 13.7. The molecule has 96 valence electrons. The Bertz CT molecular complexity index is 312. The van der Waals surface area contributed by atoms with E-state index < -0.39 is 12.0 Å². The molecule has 0 bridgehead atoms. The van der Waals surface area contributed by atoms with Gasteiger partial charge in [0.25, 0.3) is 0 Å². The third kappa shape index (κ3) is 3.32. The number of hydrogen-bond acceptors (Lipinski definition) is 2. The Balaban J connectivity index is 2.70. The molecule has 1 amide bonds. The SMILES string of the molecule is C=CC[C@@H](C(=O)O)N1CC[C@H](CC(C)C)C1=O. The molecule has 0 saturated carbocycles. The first-order valence-corrected chi connectivity index (χ1v) is 6.11. The van der Waals surface area contributed by atoms with Gasteiger partial charge in [-0.05, 0) is 25.2 Å². The number of likely N-dealkylation sites (tertiary alicyclic amines) is 1. The van der Waals surface area contributed by atoms with Crippen LogP contribution in [0, 0.1) is 11.8 Å². The van der Waals surface area contributed by atoms with Crippen LogP contribution >= 0.6 is 0 Å². The number of carbonyl (C=O) groups excluding carboxylic acids is 1. The lowest BCUT2D eigenvalue weighted by molar-refractivity contribution is -0.149. The van der Waals surface area contributed by atoms with Gasteiger partial charge in [0.05, 0.1) is 0 Å². The van der Waals surface area contributed by atoms with Crippen LogP contribution in [-0.4, -0.2) is 34.5 Å². The van der Waals surface area contributed by atoms with Gasteiger partial charge in [-0.1, -0.05) is 19.9 Å². The van der Waals surface area contributed by atoms with Gasteiger partial charge in [0.1, 0.15) is 6.04 Å². The number of amides is 1. The smallest absolute Gasteiger partial charge is 0.326 e. The molecule has 1 aliphatic heterocycles. The number of hydrogen-bond donors (Lipinski definition) is 1. The maximum absolute atomic E-state index is 12.1. The predicted molar refractivity (Wildman–Crippen MR) is 65.5 cm³/mol. The molecule has 0 aliphatic carbocycles. The molecule has 0 aromatic rings. The second kappa shape index (κ2) is 5.84. The van der Waals surface area contributed by atoms with Crippen molar-refractivity contribution in [3.63, 3.8) is 0 Å². The number of carboxylic acid groups (broad SMARTS) is 1. The molecule has 17 heavy (non-hydrogen) atoms. The molecule has 4 nitrogen and oxygen atoms in total. The van der Waals surface area contributed by atoms with Crippen LogP contribution in [0.4, 0.5) is 0 Å². The van der Waals surface area contributed by atoms with E-state index in [1.165, 1.54) is 4.90 Å². The van der Waals surface area contributed by atoms with E-state index in [1.807, 2.05) is 0 Å². The zero-order valence-corrected chi connectivity index (χ0v) is 10.6. The van der Waals surface area contributed by atoms with Crippen LogP contribution in [0.25, 0.3) is 0 Å². The summed E-state index contributed by atoms with van der Waals surface area (Å²) in [4.78, 5) is 24.7. The lowest BCUT2D eigenvalue weighted by Crippen LogP contribution is -2.42. The summed E-state index contributed by atoms with van der Waals surface area (Å²) in [7, 11) is 0. The topological polar surface area (TPSA) is 57.6 Å². The first-order valence-electron chi connectivity index (χ1n) is 6.11. The monoisotopic (exact) mass is 239 g/mol. The van der Waals surface area contributed by atoms with Gasteiger partial charge in [0, 0.05) is 12.5 Å². The molecule has 1 aliphatic rings. The van der Waals surface area contributed by atoms with E-state index >= 15 is 0 Å². The van der Waals surface area contributed by atoms with E-state index in [4.69, 9.17) is 5.11 Å². The minimum absolute atomic E-state index is 0.00154. The normalized spacial score (nSPS) is 21.9. The third-order valence-corrected chi connectivity index (χ3v) is 3.16. The van der Waals surface area contributed by atoms with Crippen LogP contribution < -0.4 is 0 Å². The fourth-order valence-corrected chi connectivity index (χ4v) is 2.38. The minimum Gasteiger partial charge on any atom is -0.480 e. The highest BCUT2D eigenvalue weighted by molar-refractivity contribution is 5.86. The first-order chi connectivity index (χ1) is 7.97. The number of carbonyl (C=O) groups is 2. The third-order valence-electron chi connectivity index (χ3n) is 3.16. The van der Waals surface area contributed by atoms with Crippen LogP contribution in [0.15, 0.2) is 12.7 Å². The highest BCUT2D eigenvalue weighted by atomic mass is 16.4. The molecule has 0 radical (unpaired) electrons. The van der Waals surface area contributed by atoms with E-state index in [9.17, 15) is 9.59 Å². The molecule has 1 rings (SSSR count). The van der Waals surface area contributed by atoms with E-state index in [0.29, 0.717) is 18.9 Å². The molecule has 0 aromatic carbocycles. The van der Waals surface area contributed by atoms with Crippen LogP contribution in [0.1, 0.15) is 33.1 Å². The molecule has 0 spiro atoms. The molecule has 0 aromatic heterocycles. The van der Waals surface area contributed by atoms with E-state index in [1.54, 1.807) is 6.08 Å². The summed E-state index contributed by atoms with van der Waals surface area (Å²) in [5, 5.41) is 9.11. The summed E-state index contributed by atoms with van der Waals surface area (Å²) < 4.78 is 0. The Morgan fingerprint density at radius 2 is 2.29 bits per heavy atom. The Kier molecular flexibility index (Phi) is 4.73. The minimum atomic E-state index is -0.941. The highest BCUT2D eigenvalue weighted by Gasteiger charge is 2.38. The van der Waals surface area contributed by atoms with Crippen molar-refractivity contribution >= 4 is 11.9 Å². The van der Waals surface area contributed by atoms with Crippen molar-refractivity contribution in [1.29, 1.82) is 0 Å². The Labute approximate surface area is 102 Å². The molecule has 1 saturated heterocycles. The number of nitrogens with zero attached hydrogens (tertiary/aromatic N) is 1. The van der Waals surface area contributed by atoms with Gasteiger partial charge in [-0.2, -0.15) is 0 Å². The van der Waals surface area contributed by atoms with Gasteiger partial charge in [-0.3, -0.25) is 4.79 Å². The number of aliphatic carboxylic acids is 1. The lowest BCUT2D eigenvalue weighted by Gasteiger charge is -2.24. The van der Waals surface area contributed by atoms with Gasteiger partial charge in [-0.25, -0.2) is 4.79 Å². The molecule has 4 heteroatoms. The van der Waals surface area contributed by atoms with E-state index in [-0.39, 0.29) is 11.8 Å². The summed E-state index contributed by atoms with van der Waals surface area (Å²) in [6.07, 6.45) is 3.49. The fourth-order valence-electron chi connectivity index (χ4n) is 2.38. The fraction of sp³-hybridized carbons (Fsp3) is 0.692. The van der Waals surface area contributed by atoms with Crippen LogP contribution in [-0.2, 0) is 9.59 Å². The average molecular weight is 239 g/mol. The van der Waals surface area contributed by atoms with Gasteiger partial charge >= 0.3 is 5.97 Å².